The average molecular weight is 276 g/mol. The molecule has 0 aliphatic rings. The van der Waals surface area contributed by atoms with Crippen LogP contribution in [0.5, 0.6) is 0 Å². The highest BCUT2D eigenvalue weighted by Gasteiger charge is 2.21. The number of hydrogen-bond donors (Lipinski definition) is 1. The third kappa shape index (κ3) is 4.07. The molecule has 0 saturated heterocycles. The monoisotopic (exact) mass is 276 g/mol. The minimum Gasteiger partial charge on any atom is -0.334 e. The van der Waals surface area contributed by atoms with Crippen molar-refractivity contribution in [1.29, 1.82) is 0 Å². The largest absolute Gasteiger partial charge is 0.334 e. The molecule has 0 atom stereocenters. The summed E-state index contributed by atoms with van der Waals surface area (Å²) >= 11 is 0. The topological polar surface area (TPSA) is 46.3 Å². The van der Waals surface area contributed by atoms with Gasteiger partial charge in [-0.05, 0) is 36.5 Å². The molecule has 0 bridgehead atoms. The lowest BCUT2D eigenvalue weighted by Crippen LogP contribution is -2.42. The van der Waals surface area contributed by atoms with E-state index in [2.05, 4.69) is 27.7 Å². The molecule has 1 amide bonds. The first kappa shape index (κ1) is 16.7. The summed E-state index contributed by atoms with van der Waals surface area (Å²) in [7, 11) is 0. The number of rotatable bonds is 7. The predicted molar refractivity (Wildman–Crippen MR) is 85.0 cm³/mol. The van der Waals surface area contributed by atoms with E-state index in [1.54, 1.807) is 0 Å². The van der Waals surface area contributed by atoms with Crippen molar-refractivity contribution in [3.8, 4) is 0 Å². The van der Waals surface area contributed by atoms with Crippen LogP contribution in [-0.2, 0) is 0 Å². The van der Waals surface area contributed by atoms with Crippen LogP contribution < -0.4 is 5.73 Å². The maximum absolute atomic E-state index is 12.6. The van der Waals surface area contributed by atoms with Crippen LogP contribution in [0.3, 0.4) is 0 Å². The van der Waals surface area contributed by atoms with E-state index in [0.717, 1.165) is 18.4 Å². The maximum atomic E-state index is 12.6. The Morgan fingerprint density at radius 1 is 1.15 bits per heavy atom. The van der Waals surface area contributed by atoms with Crippen molar-refractivity contribution >= 4 is 5.91 Å². The Morgan fingerprint density at radius 3 is 2.10 bits per heavy atom. The highest BCUT2D eigenvalue weighted by Crippen LogP contribution is 2.17. The fraction of sp³-hybridized carbons (Fsp3) is 0.588. The van der Waals surface area contributed by atoms with E-state index in [9.17, 15) is 4.79 Å². The molecule has 112 valence electrons. The van der Waals surface area contributed by atoms with Crippen LogP contribution in [0.15, 0.2) is 24.3 Å². The van der Waals surface area contributed by atoms with Gasteiger partial charge in [0.2, 0.25) is 0 Å². The summed E-state index contributed by atoms with van der Waals surface area (Å²) in [5.41, 5.74) is 7.68. The fourth-order valence-corrected chi connectivity index (χ4v) is 2.49. The Bertz CT molecular complexity index is 408. The van der Waals surface area contributed by atoms with Gasteiger partial charge in [-0.3, -0.25) is 4.79 Å². The summed E-state index contributed by atoms with van der Waals surface area (Å²) in [6, 6.07) is 8.24. The number of amides is 1. The lowest BCUT2D eigenvalue weighted by molar-refractivity contribution is 0.0674. The number of nitrogens with zero attached hydrogens (tertiary/aromatic N) is 1. The van der Waals surface area contributed by atoms with Gasteiger partial charge in [-0.15, -0.1) is 0 Å². The Balaban J connectivity index is 2.93. The average Bonchev–Trinajstić information content (AvgIpc) is 2.47. The Hall–Kier alpha value is -1.35. The van der Waals surface area contributed by atoms with E-state index in [0.29, 0.717) is 19.0 Å². The van der Waals surface area contributed by atoms with Gasteiger partial charge in [-0.1, -0.05) is 39.8 Å². The van der Waals surface area contributed by atoms with Crippen molar-refractivity contribution in [1.82, 2.24) is 4.90 Å². The molecule has 3 nitrogen and oxygen atoms in total. The van der Waals surface area contributed by atoms with E-state index < -0.39 is 0 Å². The SMILES string of the molecule is CCC(CC)N(CCN)C(=O)c1ccc(C(C)C)cc1. The van der Waals surface area contributed by atoms with Crippen LogP contribution in [0.2, 0.25) is 0 Å². The normalized spacial score (nSPS) is 11.2. The van der Waals surface area contributed by atoms with Gasteiger partial charge < -0.3 is 10.6 Å². The molecule has 0 aromatic heterocycles. The third-order valence-electron chi connectivity index (χ3n) is 3.84. The molecule has 1 aromatic carbocycles. The van der Waals surface area contributed by atoms with Gasteiger partial charge in [-0.25, -0.2) is 0 Å². The second-order valence-electron chi connectivity index (χ2n) is 5.53. The van der Waals surface area contributed by atoms with Crippen LogP contribution in [0.1, 0.15) is 62.4 Å². The van der Waals surface area contributed by atoms with Crippen molar-refractivity contribution in [3.05, 3.63) is 35.4 Å². The van der Waals surface area contributed by atoms with Crippen molar-refractivity contribution in [3.63, 3.8) is 0 Å². The lowest BCUT2D eigenvalue weighted by Gasteiger charge is -2.30. The Labute approximate surface area is 123 Å². The van der Waals surface area contributed by atoms with Gasteiger partial charge in [0, 0.05) is 24.7 Å². The van der Waals surface area contributed by atoms with E-state index in [-0.39, 0.29) is 11.9 Å². The first-order valence-electron chi connectivity index (χ1n) is 7.66. The second-order valence-corrected chi connectivity index (χ2v) is 5.53. The number of benzene rings is 1. The summed E-state index contributed by atoms with van der Waals surface area (Å²) in [6.45, 7) is 9.67. The van der Waals surface area contributed by atoms with Crippen LogP contribution in [0.4, 0.5) is 0 Å². The highest BCUT2D eigenvalue weighted by atomic mass is 16.2. The van der Waals surface area contributed by atoms with Crippen LogP contribution >= 0.6 is 0 Å². The molecule has 0 aliphatic heterocycles. The molecular formula is C17H28N2O. The van der Waals surface area contributed by atoms with Crippen LogP contribution in [0, 0.1) is 0 Å². The van der Waals surface area contributed by atoms with E-state index in [4.69, 9.17) is 5.73 Å². The van der Waals surface area contributed by atoms with Crippen LogP contribution in [0.25, 0.3) is 0 Å². The maximum Gasteiger partial charge on any atom is 0.254 e. The molecule has 1 rings (SSSR count). The molecule has 0 heterocycles. The zero-order valence-electron chi connectivity index (χ0n) is 13.2. The Morgan fingerprint density at radius 2 is 1.70 bits per heavy atom. The van der Waals surface area contributed by atoms with Crippen molar-refractivity contribution in [2.45, 2.75) is 52.5 Å². The summed E-state index contributed by atoms with van der Waals surface area (Å²) in [5, 5.41) is 0. The van der Waals surface area contributed by atoms with Gasteiger partial charge in [-0.2, -0.15) is 0 Å². The number of nitrogens with two attached hydrogens (primary N) is 1. The third-order valence-corrected chi connectivity index (χ3v) is 3.84. The second kappa shape index (κ2) is 8.05. The van der Waals surface area contributed by atoms with E-state index >= 15 is 0 Å². The minimum absolute atomic E-state index is 0.0967. The van der Waals surface area contributed by atoms with E-state index in [1.165, 1.54) is 5.56 Å². The minimum atomic E-state index is 0.0967. The molecule has 0 spiro atoms. The van der Waals surface area contributed by atoms with Crippen molar-refractivity contribution < 1.29 is 4.79 Å². The van der Waals surface area contributed by atoms with Gasteiger partial charge in [0.15, 0.2) is 0 Å². The first-order valence-corrected chi connectivity index (χ1v) is 7.66. The Kier molecular flexibility index (Phi) is 6.73. The molecular weight excluding hydrogens is 248 g/mol. The van der Waals surface area contributed by atoms with E-state index in [1.807, 2.05) is 29.2 Å². The van der Waals surface area contributed by atoms with Crippen molar-refractivity contribution in [2.24, 2.45) is 5.73 Å². The smallest absolute Gasteiger partial charge is 0.254 e. The molecule has 0 saturated carbocycles. The zero-order valence-corrected chi connectivity index (χ0v) is 13.2. The highest BCUT2D eigenvalue weighted by molar-refractivity contribution is 5.94. The predicted octanol–water partition coefficient (Wildman–Crippen LogP) is 3.40. The summed E-state index contributed by atoms with van der Waals surface area (Å²) in [4.78, 5) is 14.6. The molecule has 3 heteroatoms. The quantitative estimate of drug-likeness (QED) is 0.829. The molecule has 0 radical (unpaired) electrons. The van der Waals surface area contributed by atoms with Crippen molar-refractivity contribution in [2.75, 3.05) is 13.1 Å². The summed E-state index contributed by atoms with van der Waals surface area (Å²) in [5.74, 6) is 0.581. The molecule has 20 heavy (non-hydrogen) atoms. The summed E-state index contributed by atoms with van der Waals surface area (Å²) < 4.78 is 0. The number of carbonyl (C=O) groups is 1. The fourth-order valence-electron chi connectivity index (χ4n) is 2.49. The number of hydrogen-bond acceptors (Lipinski definition) is 2. The standard InChI is InChI=1S/C17H28N2O/c1-5-16(6-2)19(12-11-18)17(20)15-9-7-14(8-10-15)13(3)4/h7-10,13,16H,5-6,11-12,18H2,1-4H3. The van der Waals surface area contributed by atoms with Gasteiger partial charge in [0.25, 0.3) is 5.91 Å². The lowest BCUT2D eigenvalue weighted by atomic mass is 10.0. The molecule has 2 N–H and O–H groups in total. The zero-order chi connectivity index (χ0) is 15.1. The van der Waals surface area contributed by atoms with Gasteiger partial charge in [0.1, 0.15) is 0 Å². The first-order chi connectivity index (χ1) is 9.54. The van der Waals surface area contributed by atoms with Crippen LogP contribution in [-0.4, -0.2) is 29.9 Å². The summed E-state index contributed by atoms with van der Waals surface area (Å²) in [6.07, 6.45) is 1.93. The number of carbonyl (C=O) groups excluding carboxylic acids is 1. The molecule has 1 aromatic rings. The van der Waals surface area contributed by atoms with Gasteiger partial charge in [0.05, 0.1) is 0 Å². The molecule has 0 unspecified atom stereocenters. The van der Waals surface area contributed by atoms with Gasteiger partial charge >= 0.3 is 0 Å². The molecule has 0 aliphatic carbocycles. The molecule has 0 fully saturated rings.